The Kier molecular flexibility index (Phi) is 5.03. The zero-order valence-corrected chi connectivity index (χ0v) is 13.7. The molecule has 23 heavy (non-hydrogen) atoms. The van der Waals surface area contributed by atoms with Gasteiger partial charge in [-0.25, -0.2) is 9.37 Å². The predicted molar refractivity (Wildman–Crippen MR) is 89.6 cm³/mol. The molecule has 1 aromatic carbocycles. The van der Waals surface area contributed by atoms with Crippen LogP contribution in [0.1, 0.15) is 42.3 Å². The van der Waals surface area contributed by atoms with E-state index in [1.165, 1.54) is 12.1 Å². The first kappa shape index (κ1) is 16.1. The number of nitrogens with one attached hydrogen (secondary N) is 1. The van der Waals surface area contributed by atoms with Gasteiger partial charge in [0.2, 0.25) is 5.91 Å². The molecule has 1 aliphatic rings. The Morgan fingerprint density at radius 2 is 2.17 bits per heavy atom. The molecule has 1 aromatic heterocycles. The molecular formula is C17H20FN3OS. The Bertz CT molecular complexity index is 684. The van der Waals surface area contributed by atoms with Crippen molar-refractivity contribution in [2.45, 2.75) is 38.1 Å². The second-order valence-corrected chi connectivity index (χ2v) is 6.77. The van der Waals surface area contributed by atoms with Gasteiger partial charge in [0.15, 0.2) is 0 Å². The van der Waals surface area contributed by atoms with Gasteiger partial charge < -0.3 is 11.1 Å². The monoisotopic (exact) mass is 333 g/mol. The van der Waals surface area contributed by atoms with Crippen LogP contribution in [0, 0.1) is 5.82 Å². The molecule has 1 heterocycles. The maximum absolute atomic E-state index is 13.1. The summed E-state index contributed by atoms with van der Waals surface area (Å²) in [6.45, 7) is 0.526. The first-order valence-corrected chi connectivity index (χ1v) is 8.74. The average Bonchev–Trinajstić information content (AvgIpc) is 2.99. The van der Waals surface area contributed by atoms with Crippen molar-refractivity contribution in [3.63, 3.8) is 0 Å². The van der Waals surface area contributed by atoms with Crippen LogP contribution in [-0.2, 0) is 11.2 Å². The van der Waals surface area contributed by atoms with E-state index in [0.29, 0.717) is 19.4 Å². The number of benzene rings is 1. The Balaban J connectivity index is 1.79. The topological polar surface area (TPSA) is 68.0 Å². The van der Waals surface area contributed by atoms with E-state index in [-0.39, 0.29) is 17.8 Å². The van der Waals surface area contributed by atoms with E-state index in [1.54, 1.807) is 23.5 Å². The van der Waals surface area contributed by atoms with Crippen molar-refractivity contribution in [3.8, 4) is 10.6 Å². The lowest BCUT2D eigenvalue weighted by Gasteiger charge is -2.22. The van der Waals surface area contributed by atoms with Gasteiger partial charge in [-0.2, -0.15) is 0 Å². The fourth-order valence-corrected chi connectivity index (χ4v) is 4.01. The van der Waals surface area contributed by atoms with Crippen LogP contribution in [0.4, 0.5) is 4.39 Å². The van der Waals surface area contributed by atoms with Gasteiger partial charge in [0, 0.05) is 12.0 Å². The summed E-state index contributed by atoms with van der Waals surface area (Å²) < 4.78 is 13.1. The lowest BCUT2D eigenvalue weighted by molar-refractivity contribution is -0.122. The van der Waals surface area contributed by atoms with Crippen LogP contribution in [0.2, 0.25) is 0 Å². The minimum atomic E-state index is -0.250. The molecule has 122 valence electrons. The number of nitrogens with zero attached hydrogens (tertiary/aromatic N) is 1. The van der Waals surface area contributed by atoms with E-state index in [1.807, 2.05) is 0 Å². The molecule has 0 saturated carbocycles. The molecule has 1 amide bonds. The van der Waals surface area contributed by atoms with Crippen molar-refractivity contribution >= 4 is 17.2 Å². The predicted octanol–water partition coefficient (Wildman–Crippen LogP) is 3.18. The lowest BCUT2D eigenvalue weighted by atomic mass is 9.98. The highest BCUT2D eigenvalue weighted by Crippen LogP contribution is 2.38. The van der Waals surface area contributed by atoms with E-state index in [2.05, 4.69) is 5.32 Å². The fraction of sp³-hybridized carbons (Fsp3) is 0.412. The molecule has 1 aliphatic carbocycles. The van der Waals surface area contributed by atoms with Crippen LogP contribution in [-0.4, -0.2) is 17.4 Å². The van der Waals surface area contributed by atoms with Crippen molar-refractivity contribution in [1.29, 1.82) is 0 Å². The molecule has 0 aliphatic heterocycles. The van der Waals surface area contributed by atoms with Crippen molar-refractivity contribution in [2.75, 3.05) is 6.54 Å². The van der Waals surface area contributed by atoms with E-state index in [4.69, 9.17) is 10.7 Å². The SMILES string of the molecule is NCCCC(=O)NC1CCCc2nc(-c3ccc(F)cc3)sc21. The normalized spacial score (nSPS) is 16.9. The highest BCUT2D eigenvalue weighted by atomic mass is 32.1. The Morgan fingerprint density at radius 3 is 2.91 bits per heavy atom. The van der Waals surface area contributed by atoms with Gasteiger partial charge in [0.25, 0.3) is 0 Å². The number of hydrogen-bond acceptors (Lipinski definition) is 4. The number of hydrogen-bond donors (Lipinski definition) is 2. The summed E-state index contributed by atoms with van der Waals surface area (Å²) in [4.78, 5) is 17.8. The quantitative estimate of drug-likeness (QED) is 0.883. The van der Waals surface area contributed by atoms with Crippen LogP contribution >= 0.6 is 11.3 Å². The average molecular weight is 333 g/mol. The summed E-state index contributed by atoms with van der Waals surface area (Å²) >= 11 is 1.60. The molecule has 0 spiro atoms. The van der Waals surface area contributed by atoms with Crippen LogP contribution in [0.15, 0.2) is 24.3 Å². The summed E-state index contributed by atoms with van der Waals surface area (Å²) in [7, 11) is 0. The van der Waals surface area contributed by atoms with E-state index in [9.17, 15) is 9.18 Å². The Morgan fingerprint density at radius 1 is 1.39 bits per heavy atom. The van der Waals surface area contributed by atoms with Crippen molar-refractivity contribution in [1.82, 2.24) is 10.3 Å². The second kappa shape index (κ2) is 7.19. The number of aryl methyl sites for hydroxylation is 1. The molecule has 0 bridgehead atoms. The summed E-state index contributed by atoms with van der Waals surface area (Å²) in [5.41, 5.74) is 7.43. The standard InChI is InChI=1S/C17H20FN3OS/c18-12-8-6-11(7-9-12)17-21-14-4-1-3-13(16(14)23-17)20-15(22)5-2-10-19/h6-9,13H,1-5,10,19H2,(H,20,22). The molecule has 1 atom stereocenters. The number of thiazole rings is 1. The molecule has 3 N–H and O–H groups in total. The van der Waals surface area contributed by atoms with Crippen molar-refractivity contribution < 1.29 is 9.18 Å². The molecular weight excluding hydrogens is 313 g/mol. The highest BCUT2D eigenvalue weighted by molar-refractivity contribution is 7.15. The smallest absolute Gasteiger partial charge is 0.220 e. The third kappa shape index (κ3) is 3.76. The van der Waals surface area contributed by atoms with Gasteiger partial charge in [-0.3, -0.25) is 4.79 Å². The third-order valence-electron chi connectivity index (χ3n) is 3.98. The van der Waals surface area contributed by atoms with Gasteiger partial charge >= 0.3 is 0 Å². The molecule has 1 unspecified atom stereocenters. The molecule has 0 saturated heterocycles. The number of aromatic nitrogens is 1. The first-order valence-electron chi connectivity index (χ1n) is 7.92. The maximum atomic E-state index is 13.1. The number of nitrogens with two attached hydrogens (primary N) is 1. The van der Waals surface area contributed by atoms with Gasteiger partial charge in [0.05, 0.1) is 16.6 Å². The minimum absolute atomic E-state index is 0.0377. The summed E-state index contributed by atoms with van der Waals surface area (Å²) in [5, 5.41) is 3.99. The molecule has 0 fully saturated rings. The number of amides is 1. The zero-order chi connectivity index (χ0) is 16.2. The number of carbonyl (C=O) groups excluding carboxylic acids is 1. The Hall–Kier alpha value is -1.79. The highest BCUT2D eigenvalue weighted by Gasteiger charge is 2.26. The largest absolute Gasteiger partial charge is 0.348 e. The van der Waals surface area contributed by atoms with Gasteiger partial charge in [-0.1, -0.05) is 0 Å². The fourth-order valence-electron chi connectivity index (χ4n) is 2.80. The number of fused-ring (bicyclic) bond motifs is 1. The summed E-state index contributed by atoms with van der Waals surface area (Å²) in [5.74, 6) is -0.204. The van der Waals surface area contributed by atoms with Crippen LogP contribution < -0.4 is 11.1 Å². The summed E-state index contributed by atoms with van der Waals surface area (Å²) in [6.07, 6.45) is 4.05. The molecule has 4 nitrogen and oxygen atoms in total. The maximum Gasteiger partial charge on any atom is 0.220 e. The molecule has 0 radical (unpaired) electrons. The van der Waals surface area contributed by atoms with Crippen molar-refractivity contribution in [3.05, 3.63) is 40.7 Å². The van der Waals surface area contributed by atoms with E-state index < -0.39 is 0 Å². The van der Waals surface area contributed by atoms with Gasteiger partial charge in [-0.15, -0.1) is 11.3 Å². The number of halogens is 1. The first-order chi connectivity index (χ1) is 11.2. The number of carbonyl (C=O) groups is 1. The van der Waals surface area contributed by atoms with Gasteiger partial charge in [0.1, 0.15) is 10.8 Å². The van der Waals surface area contributed by atoms with Crippen LogP contribution in [0.5, 0.6) is 0 Å². The minimum Gasteiger partial charge on any atom is -0.348 e. The lowest BCUT2D eigenvalue weighted by Crippen LogP contribution is -2.30. The molecule has 2 aromatic rings. The van der Waals surface area contributed by atoms with Crippen molar-refractivity contribution in [2.24, 2.45) is 5.73 Å². The molecule has 3 rings (SSSR count). The molecule has 6 heteroatoms. The zero-order valence-electron chi connectivity index (χ0n) is 12.8. The third-order valence-corrected chi connectivity index (χ3v) is 5.25. The summed E-state index contributed by atoms with van der Waals surface area (Å²) in [6, 6.07) is 6.42. The van der Waals surface area contributed by atoms with Crippen LogP contribution in [0.25, 0.3) is 10.6 Å². The number of rotatable bonds is 5. The van der Waals surface area contributed by atoms with Crippen LogP contribution in [0.3, 0.4) is 0 Å². The Labute approximate surface area is 138 Å². The van der Waals surface area contributed by atoms with E-state index >= 15 is 0 Å². The van der Waals surface area contributed by atoms with E-state index in [0.717, 1.165) is 40.4 Å². The second-order valence-electron chi connectivity index (χ2n) is 5.74. The van der Waals surface area contributed by atoms with Gasteiger partial charge in [-0.05, 0) is 56.5 Å².